The second-order valence-corrected chi connectivity index (χ2v) is 7.26. The number of halogens is 4. The first kappa shape index (κ1) is 25.3. The Morgan fingerprint density at radius 2 is 1.80 bits per heavy atom. The molecule has 3 rings (SSSR count). The van der Waals surface area contributed by atoms with Crippen molar-refractivity contribution in [2.45, 2.75) is 19.7 Å². The van der Waals surface area contributed by atoms with Crippen LogP contribution in [0.4, 0.5) is 23.2 Å². The Morgan fingerprint density at radius 1 is 1.03 bits per heavy atom. The average molecular weight is 484 g/mol. The summed E-state index contributed by atoms with van der Waals surface area (Å²) in [6.07, 6.45) is -3.29. The van der Waals surface area contributed by atoms with Crippen molar-refractivity contribution in [3.63, 3.8) is 0 Å². The van der Waals surface area contributed by atoms with Crippen molar-refractivity contribution in [3.05, 3.63) is 94.8 Å². The predicted molar refractivity (Wildman–Crippen MR) is 122 cm³/mol. The SMILES string of the molecule is CCOc1cc(/C=C(/C#N)C(=O)Nc2cccc(C(F)(F)F)c2)ccc1OCc1cccc(F)c1. The standard InChI is InChI=1S/C26H20F4N2O3/c1-2-34-24-13-17(9-10-23(24)35-16-18-5-3-7-21(27)12-18)11-19(15-31)25(33)32-22-8-4-6-20(14-22)26(28,29)30/h3-14H,2,16H2,1H3,(H,32,33)/b19-11-. The zero-order chi connectivity index (χ0) is 25.4. The molecule has 35 heavy (non-hydrogen) atoms. The number of nitrogens with one attached hydrogen (secondary N) is 1. The summed E-state index contributed by atoms with van der Waals surface area (Å²) >= 11 is 0. The fourth-order valence-electron chi connectivity index (χ4n) is 3.08. The number of anilines is 1. The van der Waals surface area contributed by atoms with Crippen molar-refractivity contribution >= 4 is 17.7 Å². The van der Waals surface area contributed by atoms with Crippen LogP contribution in [0.1, 0.15) is 23.6 Å². The molecule has 0 unspecified atom stereocenters. The minimum Gasteiger partial charge on any atom is -0.490 e. The Bertz CT molecular complexity index is 1280. The van der Waals surface area contributed by atoms with E-state index in [4.69, 9.17) is 9.47 Å². The van der Waals surface area contributed by atoms with Crippen molar-refractivity contribution in [1.82, 2.24) is 0 Å². The fraction of sp³-hybridized carbons (Fsp3) is 0.154. The summed E-state index contributed by atoms with van der Waals surface area (Å²) in [5.74, 6) is -0.534. The predicted octanol–water partition coefficient (Wildman–Crippen LogP) is 6.37. The van der Waals surface area contributed by atoms with Crippen LogP contribution in [-0.2, 0) is 17.6 Å². The molecule has 0 spiro atoms. The zero-order valence-electron chi connectivity index (χ0n) is 18.5. The number of nitriles is 1. The van der Waals surface area contributed by atoms with Gasteiger partial charge in [0.25, 0.3) is 5.91 Å². The summed E-state index contributed by atoms with van der Waals surface area (Å²) in [6.45, 7) is 2.17. The van der Waals surface area contributed by atoms with E-state index in [9.17, 15) is 27.6 Å². The topological polar surface area (TPSA) is 71.3 Å². The summed E-state index contributed by atoms with van der Waals surface area (Å²) in [7, 11) is 0. The van der Waals surface area contributed by atoms with Gasteiger partial charge in [-0.05, 0) is 66.6 Å². The Hall–Kier alpha value is -4.32. The lowest BCUT2D eigenvalue weighted by atomic mass is 10.1. The first-order valence-electron chi connectivity index (χ1n) is 10.4. The summed E-state index contributed by atoms with van der Waals surface area (Å²) in [6, 6.07) is 16.5. The average Bonchev–Trinajstić information content (AvgIpc) is 2.82. The van der Waals surface area contributed by atoms with Crippen LogP contribution in [0.2, 0.25) is 0 Å². The maximum atomic E-state index is 13.4. The molecular weight excluding hydrogens is 464 g/mol. The number of amides is 1. The van der Waals surface area contributed by atoms with Gasteiger partial charge in [-0.15, -0.1) is 0 Å². The van der Waals surface area contributed by atoms with Gasteiger partial charge in [0.2, 0.25) is 0 Å². The van der Waals surface area contributed by atoms with E-state index in [1.165, 1.54) is 24.3 Å². The van der Waals surface area contributed by atoms with Crippen molar-refractivity contribution in [3.8, 4) is 17.6 Å². The van der Waals surface area contributed by atoms with E-state index in [0.29, 0.717) is 29.2 Å². The second kappa shape index (κ2) is 11.2. The number of benzene rings is 3. The molecule has 1 amide bonds. The van der Waals surface area contributed by atoms with Crippen molar-refractivity contribution < 1.29 is 31.8 Å². The maximum absolute atomic E-state index is 13.4. The number of hydrogen-bond acceptors (Lipinski definition) is 4. The Labute approximate surface area is 199 Å². The molecule has 0 aliphatic heterocycles. The first-order valence-corrected chi connectivity index (χ1v) is 10.4. The molecule has 0 atom stereocenters. The zero-order valence-corrected chi connectivity index (χ0v) is 18.5. The molecule has 180 valence electrons. The Morgan fingerprint density at radius 3 is 2.49 bits per heavy atom. The van der Waals surface area contributed by atoms with Crippen molar-refractivity contribution in [2.75, 3.05) is 11.9 Å². The lowest BCUT2D eigenvalue weighted by Crippen LogP contribution is -2.14. The van der Waals surface area contributed by atoms with E-state index in [1.54, 1.807) is 43.3 Å². The molecule has 5 nitrogen and oxygen atoms in total. The van der Waals surface area contributed by atoms with Crippen molar-refractivity contribution in [1.29, 1.82) is 5.26 Å². The molecule has 0 saturated carbocycles. The van der Waals surface area contributed by atoms with Gasteiger partial charge in [0.05, 0.1) is 12.2 Å². The molecule has 0 bridgehead atoms. The van der Waals surface area contributed by atoms with Gasteiger partial charge < -0.3 is 14.8 Å². The normalized spacial score (nSPS) is 11.5. The number of ether oxygens (including phenoxy) is 2. The number of carbonyl (C=O) groups excluding carboxylic acids is 1. The van der Waals surface area contributed by atoms with E-state index in [2.05, 4.69) is 5.32 Å². The summed E-state index contributed by atoms with van der Waals surface area (Å²) in [5.41, 5.74) is -0.287. The third kappa shape index (κ3) is 7.08. The number of hydrogen-bond donors (Lipinski definition) is 1. The number of rotatable bonds is 8. The maximum Gasteiger partial charge on any atom is 0.416 e. The summed E-state index contributed by atoms with van der Waals surface area (Å²) in [5, 5.41) is 11.7. The molecule has 0 radical (unpaired) electrons. The molecule has 3 aromatic carbocycles. The van der Waals surface area contributed by atoms with Crippen LogP contribution in [0.25, 0.3) is 6.08 Å². The highest BCUT2D eigenvalue weighted by Gasteiger charge is 2.30. The molecule has 0 saturated heterocycles. The van der Waals surface area contributed by atoms with Crippen LogP contribution < -0.4 is 14.8 Å². The van der Waals surface area contributed by atoms with Gasteiger partial charge in [-0.1, -0.05) is 24.3 Å². The second-order valence-electron chi connectivity index (χ2n) is 7.26. The Kier molecular flexibility index (Phi) is 8.10. The number of nitrogens with zero attached hydrogens (tertiary/aromatic N) is 1. The third-order valence-electron chi connectivity index (χ3n) is 4.67. The molecule has 3 aromatic rings. The van der Waals surface area contributed by atoms with Gasteiger partial charge in [0.1, 0.15) is 24.1 Å². The molecule has 0 fully saturated rings. The fourth-order valence-corrected chi connectivity index (χ4v) is 3.08. The third-order valence-corrected chi connectivity index (χ3v) is 4.67. The highest BCUT2D eigenvalue weighted by atomic mass is 19.4. The Balaban J connectivity index is 1.79. The molecular formula is C26H20F4N2O3. The molecule has 0 aliphatic rings. The monoisotopic (exact) mass is 484 g/mol. The minimum absolute atomic E-state index is 0.0931. The van der Waals surface area contributed by atoms with E-state index in [-0.39, 0.29) is 23.7 Å². The lowest BCUT2D eigenvalue weighted by Gasteiger charge is -2.13. The van der Waals surface area contributed by atoms with Crippen LogP contribution in [0, 0.1) is 17.1 Å². The van der Waals surface area contributed by atoms with Gasteiger partial charge in [0.15, 0.2) is 11.5 Å². The number of carbonyl (C=O) groups is 1. The highest BCUT2D eigenvalue weighted by Crippen LogP contribution is 2.32. The van der Waals surface area contributed by atoms with Crippen LogP contribution in [0.3, 0.4) is 0 Å². The van der Waals surface area contributed by atoms with Gasteiger partial charge in [-0.2, -0.15) is 18.4 Å². The van der Waals surface area contributed by atoms with Crippen LogP contribution in [0.5, 0.6) is 11.5 Å². The van der Waals surface area contributed by atoms with Crippen LogP contribution >= 0.6 is 0 Å². The van der Waals surface area contributed by atoms with Crippen LogP contribution in [-0.4, -0.2) is 12.5 Å². The van der Waals surface area contributed by atoms with Crippen LogP contribution in [0.15, 0.2) is 72.3 Å². The molecule has 0 heterocycles. The van der Waals surface area contributed by atoms with E-state index >= 15 is 0 Å². The summed E-state index contributed by atoms with van der Waals surface area (Å²) < 4.78 is 63.4. The van der Waals surface area contributed by atoms with Crippen molar-refractivity contribution in [2.24, 2.45) is 0 Å². The van der Waals surface area contributed by atoms with E-state index < -0.39 is 17.6 Å². The lowest BCUT2D eigenvalue weighted by molar-refractivity contribution is -0.137. The van der Waals surface area contributed by atoms with E-state index in [1.807, 2.05) is 0 Å². The highest BCUT2D eigenvalue weighted by molar-refractivity contribution is 6.09. The first-order chi connectivity index (χ1) is 16.7. The molecule has 9 heteroatoms. The van der Waals surface area contributed by atoms with Gasteiger partial charge in [-0.25, -0.2) is 4.39 Å². The minimum atomic E-state index is -4.57. The number of alkyl halides is 3. The van der Waals surface area contributed by atoms with Gasteiger partial charge in [-0.3, -0.25) is 4.79 Å². The van der Waals surface area contributed by atoms with E-state index in [0.717, 1.165) is 18.2 Å². The smallest absolute Gasteiger partial charge is 0.416 e. The molecule has 0 aliphatic carbocycles. The molecule has 1 N–H and O–H groups in total. The molecule has 0 aromatic heterocycles. The summed E-state index contributed by atoms with van der Waals surface area (Å²) in [4.78, 5) is 12.5. The quantitative estimate of drug-likeness (QED) is 0.229. The largest absolute Gasteiger partial charge is 0.490 e. The van der Waals surface area contributed by atoms with Gasteiger partial charge >= 0.3 is 6.18 Å². The van der Waals surface area contributed by atoms with Gasteiger partial charge in [0, 0.05) is 5.69 Å².